The Morgan fingerprint density at radius 2 is 1.94 bits per heavy atom. The molecule has 2 aromatic rings. The molecule has 0 saturated heterocycles. The number of carboxylic acid groups (broad SMARTS) is 1. The molecule has 35 heavy (non-hydrogen) atoms. The predicted octanol–water partition coefficient (Wildman–Crippen LogP) is 3.97. The molecule has 2 aromatic heterocycles. The van der Waals surface area contributed by atoms with Crippen molar-refractivity contribution in [2.45, 2.75) is 83.5 Å². The van der Waals surface area contributed by atoms with Crippen LogP contribution in [0.5, 0.6) is 5.75 Å². The minimum Gasteiger partial charge on any atom is -0.488 e. The number of carbonyl (C=O) groups is 2. The summed E-state index contributed by atoms with van der Waals surface area (Å²) in [7, 11) is 3.56. The summed E-state index contributed by atoms with van der Waals surface area (Å²) in [6.07, 6.45) is 7.37. The van der Waals surface area contributed by atoms with E-state index in [0.29, 0.717) is 42.1 Å². The molecule has 2 aliphatic carbocycles. The SMILES string of the molecule is CCc1nc(-c2nnn(C)c2COC(=O)N(C)C2CCCC2)ccc1O[C@H]1CCC[C@H](C(=O)O)C1. The Bertz CT molecular complexity index is 1050. The first-order valence-corrected chi connectivity index (χ1v) is 12.5. The van der Waals surface area contributed by atoms with Gasteiger partial charge in [0.25, 0.3) is 0 Å². The maximum atomic E-state index is 12.6. The topological polar surface area (TPSA) is 120 Å². The third-order valence-corrected chi connectivity index (χ3v) is 7.21. The maximum Gasteiger partial charge on any atom is 0.410 e. The first kappa shape index (κ1) is 24.9. The Balaban J connectivity index is 1.46. The fourth-order valence-corrected chi connectivity index (χ4v) is 5.05. The van der Waals surface area contributed by atoms with Crippen LogP contribution in [0.3, 0.4) is 0 Å². The third-order valence-electron chi connectivity index (χ3n) is 7.21. The van der Waals surface area contributed by atoms with Gasteiger partial charge in [-0.3, -0.25) is 4.79 Å². The quantitative estimate of drug-likeness (QED) is 0.596. The summed E-state index contributed by atoms with van der Waals surface area (Å²) in [4.78, 5) is 30.4. The first-order chi connectivity index (χ1) is 16.9. The van der Waals surface area contributed by atoms with Crippen molar-refractivity contribution >= 4 is 12.1 Å². The second kappa shape index (κ2) is 11.0. The number of carboxylic acids is 1. The van der Waals surface area contributed by atoms with Gasteiger partial charge in [-0.25, -0.2) is 14.5 Å². The molecular weight excluding hydrogens is 450 g/mol. The van der Waals surface area contributed by atoms with E-state index in [2.05, 4.69) is 10.3 Å². The van der Waals surface area contributed by atoms with Gasteiger partial charge in [0.05, 0.1) is 23.4 Å². The van der Waals surface area contributed by atoms with Gasteiger partial charge in [-0.05, 0) is 57.1 Å². The van der Waals surface area contributed by atoms with Gasteiger partial charge in [0.15, 0.2) is 0 Å². The fourth-order valence-electron chi connectivity index (χ4n) is 5.05. The number of hydrogen-bond donors (Lipinski definition) is 1. The van der Waals surface area contributed by atoms with Crippen LogP contribution in [0, 0.1) is 5.92 Å². The smallest absolute Gasteiger partial charge is 0.410 e. The van der Waals surface area contributed by atoms with Gasteiger partial charge in [-0.1, -0.05) is 25.0 Å². The summed E-state index contributed by atoms with van der Waals surface area (Å²) in [5.41, 5.74) is 2.63. The number of aryl methyl sites for hydroxylation is 2. The highest BCUT2D eigenvalue weighted by Gasteiger charge is 2.29. The Labute approximate surface area is 205 Å². The summed E-state index contributed by atoms with van der Waals surface area (Å²) >= 11 is 0. The summed E-state index contributed by atoms with van der Waals surface area (Å²) in [6.45, 7) is 2.05. The number of aliphatic carboxylic acids is 1. The predicted molar refractivity (Wildman–Crippen MR) is 128 cm³/mol. The van der Waals surface area contributed by atoms with Crippen LogP contribution < -0.4 is 4.74 Å². The standard InChI is InChI=1S/C25H35N5O5/c1-4-19-22(35-18-11-7-8-16(14-18)24(31)32)13-12-20(26-19)23-21(30(3)28-27-23)15-34-25(33)29(2)17-9-5-6-10-17/h12-13,16-18H,4-11,14-15H2,1-3H3,(H,31,32)/t16-,18-/m0/s1. The molecule has 0 unspecified atom stereocenters. The van der Waals surface area contributed by atoms with Gasteiger partial charge in [0, 0.05) is 20.1 Å². The lowest BCUT2D eigenvalue weighted by Gasteiger charge is -2.28. The molecule has 0 spiro atoms. The number of rotatable bonds is 8. The lowest BCUT2D eigenvalue weighted by Crippen LogP contribution is -2.35. The Morgan fingerprint density at radius 3 is 2.66 bits per heavy atom. The van der Waals surface area contributed by atoms with Crippen molar-refractivity contribution < 1.29 is 24.2 Å². The van der Waals surface area contributed by atoms with E-state index < -0.39 is 5.97 Å². The Hall–Kier alpha value is -3.17. The highest BCUT2D eigenvalue weighted by Crippen LogP contribution is 2.31. The maximum absolute atomic E-state index is 12.6. The van der Waals surface area contributed by atoms with Crippen molar-refractivity contribution in [1.82, 2.24) is 24.9 Å². The lowest BCUT2D eigenvalue weighted by atomic mass is 9.87. The Morgan fingerprint density at radius 1 is 1.17 bits per heavy atom. The molecule has 10 heteroatoms. The van der Waals surface area contributed by atoms with Crippen molar-refractivity contribution in [2.75, 3.05) is 7.05 Å². The molecule has 2 atom stereocenters. The minimum absolute atomic E-state index is 0.0504. The van der Waals surface area contributed by atoms with E-state index >= 15 is 0 Å². The van der Waals surface area contributed by atoms with Crippen molar-refractivity contribution in [2.24, 2.45) is 13.0 Å². The summed E-state index contributed by atoms with van der Waals surface area (Å²) in [5, 5.41) is 17.8. The van der Waals surface area contributed by atoms with Crippen molar-refractivity contribution in [3.8, 4) is 17.1 Å². The van der Waals surface area contributed by atoms with Crippen molar-refractivity contribution in [3.05, 3.63) is 23.5 Å². The van der Waals surface area contributed by atoms with Crippen LogP contribution in [-0.4, -0.2) is 61.2 Å². The summed E-state index contributed by atoms with van der Waals surface area (Å²) in [6, 6.07) is 3.93. The highest BCUT2D eigenvalue weighted by atomic mass is 16.6. The summed E-state index contributed by atoms with van der Waals surface area (Å²) in [5.74, 6) is -0.446. The number of carbonyl (C=O) groups excluding carboxylic acids is 1. The molecule has 1 amide bonds. The summed E-state index contributed by atoms with van der Waals surface area (Å²) < 4.78 is 13.4. The van der Waals surface area contributed by atoms with E-state index in [0.717, 1.165) is 44.2 Å². The molecule has 0 aromatic carbocycles. The van der Waals surface area contributed by atoms with Gasteiger partial charge in [-0.2, -0.15) is 0 Å². The molecule has 0 radical (unpaired) electrons. The molecule has 4 rings (SSSR count). The van der Waals surface area contributed by atoms with Crippen LogP contribution in [0.4, 0.5) is 4.79 Å². The highest BCUT2D eigenvalue weighted by molar-refractivity contribution is 5.70. The largest absolute Gasteiger partial charge is 0.488 e. The number of pyridine rings is 1. The van der Waals surface area contributed by atoms with Crippen molar-refractivity contribution in [1.29, 1.82) is 0 Å². The van der Waals surface area contributed by atoms with E-state index in [1.54, 1.807) is 23.7 Å². The zero-order valence-electron chi connectivity index (χ0n) is 20.8. The molecule has 2 aliphatic rings. The molecule has 10 nitrogen and oxygen atoms in total. The van der Waals surface area contributed by atoms with E-state index in [4.69, 9.17) is 14.5 Å². The number of aromatic nitrogens is 4. The molecule has 2 heterocycles. The zero-order chi connectivity index (χ0) is 24.9. The normalized spacial score (nSPS) is 20.5. The number of hydrogen-bond acceptors (Lipinski definition) is 7. The van der Waals surface area contributed by atoms with E-state index in [1.807, 2.05) is 19.1 Å². The minimum atomic E-state index is -0.757. The molecule has 2 fully saturated rings. The van der Waals surface area contributed by atoms with Crippen molar-refractivity contribution in [3.63, 3.8) is 0 Å². The van der Waals surface area contributed by atoms with Gasteiger partial charge in [0.2, 0.25) is 0 Å². The van der Waals surface area contributed by atoms with E-state index in [1.165, 1.54) is 0 Å². The Kier molecular flexibility index (Phi) is 7.87. The van der Waals surface area contributed by atoms with E-state index in [-0.39, 0.29) is 30.8 Å². The third kappa shape index (κ3) is 5.74. The molecule has 190 valence electrons. The second-order valence-corrected chi connectivity index (χ2v) is 9.55. The number of ether oxygens (including phenoxy) is 2. The van der Waals surface area contributed by atoms with Gasteiger partial charge >= 0.3 is 12.1 Å². The molecule has 0 aliphatic heterocycles. The van der Waals surface area contributed by atoms with Crippen LogP contribution >= 0.6 is 0 Å². The number of amides is 1. The van der Waals surface area contributed by atoms with Crippen LogP contribution in [0.1, 0.15) is 69.7 Å². The van der Waals surface area contributed by atoms with Gasteiger partial charge in [0.1, 0.15) is 23.7 Å². The van der Waals surface area contributed by atoms with Crippen LogP contribution in [-0.2, 0) is 29.6 Å². The average Bonchev–Trinajstić information content (AvgIpc) is 3.52. The van der Waals surface area contributed by atoms with E-state index in [9.17, 15) is 14.7 Å². The lowest BCUT2D eigenvalue weighted by molar-refractivity contribution is -0.143. The average molecular weight is 486 g/mol. The molecule has 2 saturated carbocycles. The zero-order valence-corrected chi connectivity index (χ0v) is 20.8. The molecule has 0 bridgehead atoms. The first-order valence-electron chi connectivity index (χ1n) is 12.5. The number of nitrogens with zero attached hydrogens (tertiary/aromatic N) is 5. The van der Waals surface area contributed by atoms with Gasteiger partial charge in [-0.15, -0.1) is 5.10 Å². The van der Waals surface area contributed by atoms with Crippen LogP contribution in [0.25, 0.3) is 11.4 Å². The molecule has 1 N–H and O–H groups in total. The monoisotopic (exact) mass is 485 g/mol. The van der Waals surface area contributed by atoms with Gasteiger partial charge < -0.3 is 19.5 Å². The molecular formula is C25H35N5O5. The van der Waals surface area contributed by atoms with Crippen LogP contribution in [0.2, 0.25) is 0 Å². The van der Waals surface area contributed by atoms with Crippen LogP contribution in [0.15, 0.2) is 12.1 Å². The fraction of sp³-hybridized carbons (Fsp3) is 0.640. The second-order valence-electron chi connectivity index (χ2n) is 9.55.